The van der Waals surface area contributed by atoms with Gasteiger partial charge in [-0.15, -0.1) is 0 Å². The average Bonchev–Trinajstić information content (AvgIpc) is 3.01. The summed E-state index contributed by atoms with van der Waals surface area (Å²) < 4.78 is 10.8. The van der Waals surface area contributed by atoms with Gasteiger partial charge in [0.1, 0.15) is 11.4 Å². The summed E-state index contributed by atoms with van der Waals surface area (Å²) in [5.74, 6) is 0.163. The Morgan fingerprint density at radius 1 is 0.968 bits per heavy atom. The molecular formula is C25H30N2O4. The Kier molecular flexibility index (Phi) is 7.47. The van der Waals surface area contributed by atoms with Gasteiger partial charge >= 0.3 is 0 Å². The number of carbonyl (C=O) groups is 2. The van der Waals surface area contributed by atoms with E-state index >= 15 is 0 Å². The van der Waals surface area contributed by atoms with Crippen molar-refractivity contribution in [2.75, 3.05) is 27.3 Å². The maximum atomic E-state index is 13.3. The number of hydrogen-bond donors (Lipinski definition) is 0. The van der Waals surface area contributed by atoms with Crippen molar-refractivity contribution in [2.24, 2.45) is 0 Å². The van der Waals surface area contributed by atoms with E-state index in [-0.39, 0.29) is 17.9 Å². The monoisotopic (exact) mass is 422 g/mol. The van der Waals surface area contributed by atoms with Gasteiger partial charge in [0, 0.05) is 26.7 Å². The average molecular weight is 423 g/mol. The Hall–Kier alpha value is -3.12. The van der Waals surface area contributed by atoms with Crippen LogP contribution in [0.2, 0.25) is 0 Å². The van der Waals surface area contributed by atoms with Crippen LogP contribution in [-0.2, 0) is 20.9 Å². The summed E-state index contributed by atoms with van der Waals surface area (Å²) in [7, 11) is 3.45. The van der Waals surface area contributed by atoms with Gasteiger partial charge in [0.25, 0.3) is 11.8 Å². The van der Waals surface area contributed by atoms with Crippen LogP contribution < -0.4 is 4.74 Å². The molecule has 0 aliphatic carbocycles. The maximum Gasteiger partial charge on any atom is 0.277 e. The van der Waals surface area contributed by atoms with E-state index in [1.165, 1.54) is 4.90 Å². The molecule has 0 fully saturated rings. The van der Waals surface area contributed by atoms with Crippen LogP contribution in [0.4, 0.5) is 0 Å². The number of rotatable bonds is 10. The molecule has 0 atom stereocenters. The number of nitrogens with zero attached hydrogens (tertiary/aromatic N) is 2. The zero-order valence-corrected chi connectivity index (χ0v) is 18.6. The lowest BCUT2D eigenvalue weighted by atomic mass is 10.0. The molecule has 2 aromatic rings. The normalized spacial score (nSPS) is 14.0. The highest BCUT2D eigenvalue weighted by Gasteiger charge is 2.40. The number of imide groups is 1. The molecule has 1 heterocycles. The van der Waals surface area contributed by atoms with Crippen LogP contribution in [0.25, 0.3) is 5.57 Å². The quantitative estimate of drug-likeness (QED) is 0.431. The Labute approximate surface area is 184 Å². The smallest absolute Gasteiger partial charge is 0.277 e. The second-order valence-corrected chi connectivity index (χ2v) is 7.83. The zero-order valence-electron chi connectivity index (χ0n) is 18.6. The summed E-state index contributed by atoms with van der Waals surface area (Å²) in [6.07, 6.45) is 0.715. The minimum atomic E-state index is -0.269. The van der Waals surface area contributed by atoms with Gasteiger partial charge in [-0.3, -0.25) is 14.5 Å². The highest BCUT2D eigenvalue weighted by molar-refractivity contribution is 6.35. The molecule has 0 unspecified atom stereocenters. The number of methoxy groups -OCH3 is 1. The van der Waals surface area contributed by atoms with Gasteiger partial charge in [0.05, 0.1) is 18.8 Å². The Balaban J connectivity index is 1.89. The van der Waals surface area contributed by atoms with Gasteiger partial charge < -0.3 is 14.4 Å². The van der Waals surface area contributed by atoms with Gasteiger partial charge in [-0.2, -0.15) is 0 Å². The molecule has 164 valence electrons. The molecule has 2 aromatic carbocycles. The number of likely N-dealkylation sites (N-methyl/N-ethyl adjacent to an activating group) is 1. The Morgan fingerprint density at radius 3 is 2.26 bits per heavy atom. The molecule has 31 heavy (non-hydrogen) atoms. The van der Waals surface area contributed by atoms with Crippen LogP contribution >= 0.6 is 0 Å². The lowest BCUT2D eigenvalue weighted by molar-refractivity contribution is -0.137. The zero-order chi connectivity index (χ0) is 22.4. The van der Waals surface area contributed by atoms with Crippen molar-refractivity contribution < 1.29 is 19.1 Å². The number of hydrogen-bond acceptors (Lipinski definition) is 5. The number of benzene rings is 2. The van der Waals surface area contributed by atoms with Crippen molar-refractivity contribution in [2.45, 2.75) is 32.9 Å². The third-order valence-corrected chi connectivity index (χ3v) is 5.14. The second-order valence-electron chi connectivity index (χ2n) is 7.83. The molecule has 6 nitrogen and oxygen atoms in total. The Morgan fingerprint density at radius 2 is 1.65 bits per heavy atom. The van der Waals surface area contributed by atoms with E-state index in [4.69, 9.17) is 9.47 Å². The van der Waals surface area contributed by atoms with E-state index in [0.717, 1.165) is 5.56 Å². The SMILES string of the molecule is COc1ccc(C2=C(N(C)Cc3ccccc3)C(=O)N(CCCOC(C)C)C2=O)cc1. The first kappa shape index (κ1) is 22.6. The standard InChI is InChI=1S/C25H30N2O4/c1-18(2)31-16-8-15-27-24(28)22(20-11-13-21(30-4)14-12-20)23(25(27)29)26(3)17-19-9-6-5-7-10-19/h5-7,9-14,18H,8,15-17H2,1-4H3. The summed E-state index contributed by atoms with van der Waals surface area (Å²) in [5, 5.41) is 0. The van der Waals surface area contributed by atoms with Gasteiger partial charge in [0.15, 0.2) is 0 Å². The van der Waals surface area contributed by atoms with Crippen molar-refractivity contribution in [1.29, 1.82) is 0 Å². The fourth-order valence-electron chi connectivity index (χ4n) is 3.62. The van der Waals surface area contributed by atoms with Crippen molar-refractivity contribution >= 4 is 17.4 Å². The largest absolute Gasteiger partial charge is 0.497 e. The van der Waals surface area contributed by atoms with Crippen LogP contribution in [0.1, 0.15) is 31.4 Å². The molecule has 0 saturated carbocycles. The molecule has 1 aliphatic rings. The predicted octanol–water partition coefficient (Wildman–Crippen LogP) is 3.72. The summed E-state index contributed by atoms with van der Waals surface area (Å²) in [4.78, 5) is 29.8. The van der Waals surface area contributed by atoms with Gasteiger partial charge in [-0.25, -0.2) is 0 Å². The molecule has 1 aliphatic heterocycles. The predicted molar refractivity (Wildman–Crippen MR) is 120 cm³/mol. The van der Waals surface area contributed by atoms with Gasteiger partial charge in [-0.05, 0) is 43.5 Å². The molecule has 3 rings (SSSR count). The topological polar surface area (TPSA) is 59.1 Å². The fourth-order valence-corrected chi connectivity index (χ4v) is 3.62. The minimum Gasteiger partial charge on any atom is -0.497 e. The van der Waals surface area contributed by atoms with Gasteiger partial charge in [0.2, 0.25) is 0 Å². The summed E-state index contributed by atoms with van der Waals surface area (Å²) in [6, 6.07) is 17.1. The van der Waals surface area contributed by atoms with Crippen LogP contribution in [0.15, 0.2) is 60.3 Å². The molecule has 2 amide bonds. The van der Waals surface area contributed by atoms with Crippen molar-refractivity contribution in [3.05, 3.63) is 71.4 Å². The van der Waals surface area contributed by atoms with E-state index in [0.29, 0.717) is 48.7 Å². The first-order chi connectivity index (χ1) is 14.9. The van der Waals surface area contributed by atoms with Crippen LogP contribution in [0.5, 0.6) is 5.75 Å². The molecular weight excluding hydrogens is 392 g/mol. The second kappa shape index (κ2) is 10.3. The van der Waals surface area contributed by atoms with E-state index in [9.17, 15) is 9.59 Å². The van der Waals surface area contributed by atoms with Crippen LogP contribution in [-0.4, -0.2) is 55.0 Å². The summed E-state index contributed by atoms with van der Waals surface area (Å²) in [6.45, 7) is 5.28. The molecule has 0 aromatic heterocycles. The first-order valence-electron chi connectivity index (χ1n) is 10.5. The minimum absolute atomic E-state index is 0.116. The molecule has 0 saturated heterocycles. The summed E-state index contributed by atoms with van der Waals surface area (Å²) in [5.41, 5.74) is 2.62. The highest BCUT2D eigenvalue weighted by atomic mass is 16.5. The molecule has 0 spiro atoms. The number of carbonyl (C=O) groups excluding carboxylic acids is 2. The van der Waals surface area contributed by atoms with E-state index in [1.807, 2.05) is 68.3 Å². The molecule has 0 N–H and O–H groups in total. The van der Waals surface area contributed by atoms with Crippen molar-refractivity contribution in [3.8, 4) is 5.75 Å². The molecule has 6 heteroatoms. The first-order valence-corrected chi connectivity index (χ1v) is 10.5. The van der Waals surface area contributed by atoms with Crippen LogP contribution in [0.3, 0.4) is 0 Å². The lowest BCUT2D eigenvalue weighted by Gasteiger charge is -2.21. The summed E-state index contributed by atoms with van der Waals surface area (Å²) >= 11 is 0. The number of ether oxygens (including phenoxy) is 2. The van der Waals surface area contributed by atoms with Crippen LogP contribution in [0, 0.1) is 0 Å². The third kappa shape index (κ3) is 5.33. The fraction of sp³-hybridized carbons (Fsp3) is 0.360. The molecule has 0 bridgehead atoms. The van der Waals surface area contributed by atoms with Crippen molar-refractivity contribution in [3.63, 3.8) is 0 Å². The lowest BCUT2D eigenvalue weighted by Crippen LogP contribution is -2.35. The number of amides is 2. The van der Waals surface area contributed by atoms with Crippen molar-refractivity contribution in [1.82, 2.24) is 9.80 Å². The molecule has 0 radical (unpaired) electrons. The highest BCUT2D eigenvalue weighted by Crippen LogP contribution is 2.32. The Bertz CT molecular complexity index is 936. The van der Waals surface area contributed by atoms with E-state index < -0.39 is 0 Å². The van der Waals surface area contributed by atoms with Gasteiger partial charge in [-0.1, -0.05) is 42.5 Å². The third-order valence-electron chi connectivity index (χ3n) is 5.14. The van der Waals surface area contributed by atoms with E-state index in [1.54, 1.807) is 19.2 Å². The maximum absolute atomic E-state index is 13.3. The van der Waals surface area contributed by atoms with E-state index in [2.05, 4.69) is 0 Å².